The molecule has 50 valence electrons. The number of aliphatic hydroxyl groups is 1. The fourth-order valence-electron chi connectivity index (χ4n) is 0.488. The minimum Gasteiger partial charge on any atom is -0.379 e. The van der Waals surface area contributed by atoms with E-state index in [-0.39, 0.29) is 0 Å². The minimum atomic E-state index is -0.636. The van der Waals surface area contributed by atoms with Crippen molar-refractivity contribution in [3.05, 3.63) is 0 Å². The Labute approximate surface area is 49.9 Å². The second kappa shape index (κ2) is 5.03. The summed E-state index contributed by atoms with van der Waals surface area (Å²) in [5.41, 5.74) is 5.06. The molecule has 0 rings (SSSR count). The lowest BCUT2D eigenvalue weighted by Gasteiger charge is -2.01. The molecule has 0 aliphatic rings. The first-order chi connectivity index (χ1) is 3.77. The molecule has 0 aliphatic carbocycles. The van der Waals surface area contributed by atoms with Gasteiger partial charge in [-0.1, -0.05) is 0 Å². The minimum absolute atomic E-state index is 0.636. The summed E-state index contributed by atoms with van der Waals surface area (Å²) >= 11 is 0. The van der Waals surface area contributed by atoms with Gasteiger partial charge >= 0.3 is 0 Å². The molecule has 0 aromatic heterocycles. The molecule has 0 aliphatic heterocycles. The third-order valence-corrected chi connectivity index (χ3v) is 0.927. The number of aliphatic hydroxyl groups excluding tert-OH is 1. The zero-order valence-electron chi connectivity index (χ0n) is 5.22. The summed E-state index contributed by atoms with van der Waals surface area (Å²) in [7, 11) is 1.88. The van der Waals surface area contributed by atoms with Gasteiger partial charge in [-0.15, -0.1) is 0 Å². The standard InChI is InChI=1S/C5H14N2O/c1-7-4-2-3-5(6)8/h5,7-8H,2-4,6H2,1H3. The molecular weight excluding hydrogens is 104 g/mol. The molecule has 4 N–H and O–H groups in total. The Bertz CT molecular complexity index is 47.7. The summed E-state index contributed by atoms with van der Waals surface area (Å²) in [6, 6.07) is 0. The molecule has 0 bridgehead atoms. The van der Waals surface area contributed by atoms with Gasteiger partial charge in [0.25, 0.3) is 0 Å². The Morgan fingerprint density at radius 1 is 1.75 bits per heavy atom. The molecule has 0 radical (unpaired) electrons. The third-order valence-electron chi connectivity index (χ3n) is 0.927. The molecule has 0 saturated heterocycles. The largest absolute Gasteiger partial charge is 0.379 e. The van der Waals surface area contributed by atoms with Crippen LogP contribution in [0.3, 0.4) is 0 Å². The maximum Gasteiger partial charge on any atom is 0.102 e. The Balaban J connectivity index is 2.72. The Morgan fingerprint density at radius 2 is 2.38 bits per heavy atom. The monoisotopic (exact) mass is 118 g/mol. The normalized spacial score (nSPS) is 13.9. The maximum absolute atomic E-state index is 8.53. The molecule has 3 heteroatoms. The first-order valence-electron chi connectivity index (χ1n) is 2.85. The van der Waals surface area contributed by atoms with E-state index in [9.17, 15) is 0 Å². The van der Waals surface area contributed by atoms with Gasteiger partial charge in [-0.3, -0.25) is 0 Å². The van der Waals surface area contributed by atoms with Gasteiger partial charge in [-0.25, -0.2) is 0 Å². The quantitative estimate of drug-likeness (QED) is 0.337. The van der Waals surface area contributed by atoms with Crippen LogP contribution < -0.4 is 11.1 Å². The van der Waals surface area contributed by atoms with Crippen LogP contribution in [0.15, 0.2) is 0 Å². The molecule has 1 atom stereocenters. The number of hydrogen-bond donors (Lipinski definition) is 3. The first-order valence-corrected chi connectivity index (χ1v) is 2.85. The van der Waals surface area contributed by atoms with Crippen LogP contribution in [0, 0.1) is 0 Å². The lowest BCUT2D eigenvalue weighted by atomic mass is 10.3. The van der Waals surface area contributed by atoms with E-state index < -0.39 is 6.23 Å². The van der Waals surface area contributed by atoms with E-state index in [2.05, 4.69) is 5.32 Å². The van der Waals surface area contributed by atoms with E-state index in [0.29, 0.717) is 6.42 Å². The van der Waals surface area contributed by atoms with Gasteiger partial charge in [0.1, 0.15) is 6.23 Å². The average molecular weight is 118 g/mol. The summed E-state index contributed by atoms with van der Waals surface area (Å²) in [5.74, 6) is 0. The highest BCUT2D eigenvalue weighted by atomic mass is 16.3. The molecular formula is C5H14N2O. The summed E-state index contributed by atoms with van der Waals surface area (Å²) in [5, 5.41) is 11.5. The fourth-order valence-corrected chi connectivity index (χ4v) is 0.488. The van der Waals surface area contributed by atoms with Crippen molar-refractivity contribution >= 4 is 0 Å². The average Bonchev–Trinajstić information content (AvgIpc) is 1.66. The van der Waals surface area contributed by atoms with E-state index in [1.54, 1.807) is 0 Å². The van der Waals surface area contributed by atoms with Gasteiger partial charge in [0, 0.05) is 0 Å². The number of hydrogen-bond acceptors (Lipinski definition) is 3. The Kier molecular flexibility index (Phi) is 4.95. The second-order valence-corrected chi connectivity index (χ2v) is 1.81. The molecule has 0 saturated carbocycles. The molecule has 0 aromatic carbocycles. The third kappa shape index (κ3) is 5.88. The first kappa shape index (κ1) is 7.88. The van der Waals surface area contributed by atoms with Crippen LogP contribution in [0.5, 0.6) is 0 Å². The highest BCUT2D eigenvalue weighted by molar-refractivity contribution is 4.46. The predicted molar refractivity (Wildman–Crippen MR) is 33.4 cm³/mol. The molecule has 0 aromatic rings. The van der Waals surface area contributed by atoms with Crippen molar-refractivity contribution in [1.82, 2.24) is 5.32 Å². The highest BCUT2D eigenvalue weighted by Gasteiger charge is 1.91. The number of nitrogens with two attached hydrogens (primary N) is 1. The molecule has 0 spiro atoms. The van der Waals surface area contributed by atoms with Crippen molar-refractivity contribution in [2.45, 2.75) is 19.1 Å². The van der Waals surface area contributed by atoms with Crippen LogP contribution in [0.1, 0.15) is 12.8 Å². The second-order valence-electron chi connectivity index (χ2n) is 1.81. The molecule has 1 unspecified atom stereocenters. The van der Waals surface area contributed by atoms with Crippen LogP contribution in [-0.2, 0) is 0 Å². The van der Waals surface area contributed by atoms with Gasteiger partial charge in [-0.05, 0) is 26.4 Å². The van der Waals surface area contributed by atoms with Crippen molar-refractivity contribution in [2.75, 3.05) is 13.6 Å². The van der Waals surface area contributed by atoms with Crippen LogP contribution in [-0.4, -0.2) is 24.9 Å². The van der Waals surface area contributed by atoms with Crippen molar-refractivity contribution in [3.63, 3.8) is 0 Å². The number of nitrogens with one attached hydrogen (secondary N) is 1. The summed E-state index contributed by atoms with van der Waals surface area (Å²) < 4.78 is 0. The number of rotatable bonds is 4. The zero-order chi connectivity index (χ0) is 6.41. The van der Waals surface area contributed by atoms with Gasteiger partial charge < -0.3 is 16.2 Å². The lowest BCUT2D eigenvalue weighted by Crippen LogP contribution is -2.20. The van der Waals surface area contributed by atoms with Gasteiger partial charge in [0.2, 0.25) is 0 Å². The van der Waals surface area contributed by atoms with Crippen molar-refractivity contribution < 1.29 is 5.11 Å². The van der Waals surface area contributed by atoms with Crippen LogP contribution in [0.2, 0.25) is 0 Å². The predicted octanol–water partition coefficient (Wildman–Crippen LogP) is -0.737. The van der Waals surface area contributed by atoms with Gasteiger partial charge in [0.15, 0.2) is 0 Å². The van der Waals surface area contributed by atoms with E-state index in [4.69, 9.17) is 10.8 Å². The Hall–Kier alpha value is -0.120. The lowest BCUT2D eigenvalue weighted by molar-refractivity contribution is 0.169. The van der Waals surface area contributed by atoms with E-state index in [1.165, 1.54) is 0 Å². The zero-order valence-corrected chi connectivity index (χ0v) is 5.22. The van der Waals surface area contributed by atoms with Crippen molar-refractivity contribution in [1.29, 1.82) is 0 Å². The fraction of sp³-hybridized carbons (Fsp3) is 1.00. The molecule has 0 fully saturated rings. The molecule has 0 heterocycles. The topological polar surface area (TPSA) is 58.3 Å². The summed E-state index contributed by atoms with van der Waals surface area (Å²) in [6.07, 6.45) is 0.984. The maximum atomic E-state index is 8.53. The van der Waals surface area contributed by atoms with Crippen molar-refractivity contribution in [2.24, 2.45) is 5.73 Å². The van der Waals surface area contributed by atoms with Crippen molar-refractivity contribution in [3.8, 4) is 0 Å². The van der Waals surface area contributed by atoms with Crippen LogP contribution in [0.4, 0.5) is 0 Å². The Morgan fingerprint density at radius 3 is 2.75 bits per heavy atom. The van der Waals surface area contributed by atoms with Crippen LogP contribution >= 0.6 is 0 Å². The van der Waals surface area contributed by atoms with E-state index in [1.807, 2.05) is 7.05 Å². The molecule has 0 amide bonds. The highest BCUT2D eigenvalue weighted by Crippen LogP contribution is 1.86. The molecule has 8 heavy (non-hydrogen) atoms. The van der Waals surface area contributed by atoms with Gasteiger partial charge in [0.05, 0.1) is 0 Å². The van der Waals surface area contributed by atoms with Gasteiger partial charge in [-0.2, -0.15) is 0 Å². The van der Waals surface area contributed by atoms with E-state index in [0.717, 1.165) is 13.0 Å². The SMILES string of the molecule is CNCCCC(N)O. The summed E-state index contributed by atoms with van der Waals surface area (Å²) in [6.45, 7) is 0.925. The summed E-state index contributed by atoms with van der Waals surface area (Å²) in [4.78, 5) is 0. The van der Waals surface area contributed by atoms with E-state index >= 15 is 0 Å². The smallest absolute Gasteiger partial charge is 0.102 e. The van der Waals surface area contributed by atoms with Crippen LogP contribution in [0.25, 0.3) is 0 Å². The molecule has 3 nitrogen and oxygen atoms in total.